The largest absolute Gasteiger partial charge is 0.265 e. The first-order valence-electron chi connectivity index (χ1n) is 2.16. The van der Waals surface area contributed by atoms with Crippen LogP contribution < -0.4 is 0 Å². The molecule has 0 aliphatic heterocycles. The monoisotopic (exact) mass is 333 g/mol. The fourth-order valence-corrected chi connectivity index (χ4v) is 0.313. The van der Waals surface area contributed by atoms with Crippen LogP contribution in [-0.2, 0) is 2.92 Å². The van der Waals surface area contributed by atoms with Crippen LogP contribution in [-0.4, -0.2) is 22.1 Å². The van der Waals surface area contributed by atoms with Gasteiger partial charge < -0.3 is 0 Å². The molecule has 56 valence electrons. The Balaban J connectivity index is 0. The maximum atomic E-state index is 3.88. The third kappa shape index (κ3) is 11.4. The third-order valence-electron chi connectivity index (χ3n) is 0.566. The molecule has 0 saturated heterocycles. The fraction of sp³-hybridized carbons (Fsp3) is 0. The number of rotatable bonds is 0. The molecule has 0 bridgehead atoms. The fourth-order valence-electron chi connectivity index (χ4n) is 0.313. The van der Waals surface area contributed by atoms with E-state index in [1.165, 1.54) is 0 Å². The zero-order valence-corrected chi connectivity index (χ0v) is 9.79. The number of nitrogens with zero attached hydrogens (tertiary/aromatic N) is 1. The first-order chi connectivity index (χ1) is 4.41. The molecular formula is C5H5Br2NOSe. The summed E-state index contributed by atoms with van der Waals surface area (Å²) in [6, 6.07) is 5.72. The number of hydrogen-bond donors (Lipinski definition) is 0. The molecule has 1 aromatic rings. The minimum absolute atomic E-state index is 0. The van der Waals surface area contributed by atoms with E-state index in [1.807, 2.05) is 18.2 Å². The predicted molar refractivity (Wildman–Crippen MR) is 48.9 cm³/mol. The van der Waals surface area contributed by atoms with Crippen molar-refractivity contribution in [1.82, 2.24) is 4.98 Å². The van der Waals surface area contributed by atoms with Gasteiger partial charge in [0.25, 0.3) is 0 Å². The van der Waals surface area contributed by atoms with E-state index < -0.39 is 0 Å². The molecule has 0 fully saturated rings. The second kappa shape index (κ2) is 12.3. The molecule has 0 spiro atoms. The number of hydrogen-bond acceptors (Lipinski definition) is 2. The molecule has 5 heteroatoms. The van der Waals surface area contributed by atoms with Crippen LogP contribution in [0, 0.1) is 0 Å². The van der Waals surface area contributed by atoms with E-state index in [9.17, 15) is 0 Å². The average molecular weight is 334 g/mol. The summed E-state index contributed by atoms with van der Waals surface area (Å²) < 4.78 is 3.88. The summed E-state index contributed by atoms with van der Waals surface area (Å²) in [4.78, 5) is 3.78. The van der Waals surface area contributed by atoms with Crippen LogP contribution in [0.15, 0.2) is 30.6 Å². The van der Waals surface area contributed by atoms with Gasteiger partial charge >= 0.3 is 0 Å². The minimum Gasteiger partial charge on any atom is -0.265 e. The van der Waals surface area contributed by atoms with Gasteiger partial charge in [-0.25, -0.2) is 2.92 Å². The minimum atomic E-state index is 0. The maximum absolute atomic E-state index is 3.88. The van der Waals surface area contributed by atoms with Crippen molar-refractivity contribution >= 4 is 49.6 Å². The molecule has 0 aromatic carbocycles. The summed E-state index contributed by atoms with van der Waals surface area (Å²) in [5, 5.41) is 0. The molecule has 0 N–H and O–H groups in total. The van der Waals surface area contributed by atoms with Gasteiger partial charge in [-0.05, 0) is 12.1 Å². The molecule has 0 atom stereocenters. The van der Waals surface area contributed by atoms with E-state index in [-0.39, 0.29) is 17.1 Å². The molecule has 2 nitrogen and oxygen atoms in total. The van der Waals surface area contributed by atoms with E-state index in [1.54, 1.807) is 12.4 Å². The Morgan fingerprint density at radius 2 is 1.40 bits per heavy atom. The Kier molecular flexibility index (Phi) is 16.2. The average Bonchev–Trinajstić information content (AvgIpc) is 1.93. The van der Waals surface area contributed by atoms with Crippen LogP contribution in [0.4, 0.5) is 0 Å². The first kappa shape index (κ1) is 13.2. The number of pyridine rings is 1. The summed E-state index contributed by atoms with van der Waals surface area (Å²) >= 11 is 5.12. The Hall–Kier alpha value is 0.589. The van der Waals surface area contributed by atoms with Crippen molar-refractivity contribution in [2.75, 3.05) is 0 Å². The smallest absolute Gasteiger partial charge is 0.115 e. The van der Waals surface area contributed by atoms with Crippen molar-refractivity contribution in [2.24, 2.45) is 0 Å². The van der Waals surface area contributed by atoms with Crippen LogP contribution in [0.5, 0.6) is 0 Å². The molecule has 0 saturated carbocycles. The van der Waals surface area contributed by atoms with Crippen LogP contribution in [0.2, 0.25) is 0 Å². The van der Waals surface area contributed by atoms with Crippen molar-refractivity contribution in [3.8, 4) is 0 Å². The second-order valence-electron chi connectivity index (χ2n) is 1.08. The van der Waals surface area contributed by atoms with Gasteiger partial charge in [-0.2, -0.15) is 0 Å². The zero-order chi connectivity index (χ0) is 6.95. The summed E-state index contributed by atoms with van der Waals surface area (Å²) in [6.45, 7) is 0. The van der Waals surface area contributed by atoms with Gasteiger partial charge in [0.05, 0.1) is 0 Å². The van der Waals surface area contributed by atoms with Crippen LogP contribution in [0.25, 0.3) is 0 Å². The van der Waals surface area contributed by atoms with Gasteiger partial charge in [0, 0.05) is 29.5 Å². The quantitative estimate of drug-likeness (QED) is 0.680. The van der Waals surface area contributed by atoms with E-state index in [2.05, 4.69) is 40.4 Å². The summed E-state index contributed by atoms with van der Waals surface area (Å²) in [5.74, 6) is 0. The topological polar surface area (TPSA) is 22.1 Å². The van der Waals surface area contributed by atoms with Crippen molar-refractivity contribution in [3.05, 3.63) is 30.6 Å². The van der Waals surface area contributed by atoms with Crippen molar-refractivity contribution < 1.29 is 2.92 Å². The number of aromatic nitrogens is 1. The van der Waals surface area contributed by atoms with Gasteiger partial charge in [0.1, 0.15) is 32.5 Å². The molecule has 2 radical (unpaired) electrons. The third-order valence-corrected chi connectivity index (χ3v) is 0.566. The SMILES string of the molecule is BrOBr.[Se].c1ccncc1. The first-order valence-corrected chi connectivity index (χ1v) is 3.45. The molecule has 0 unspecified atom stereocenters. The molecular weight excluding hydrogens is 329 g/mol. The van der Waals surface area contributed by atoms with Crippen LogP contribution >= 0.6 is 32.5 Å². The zero-order valence-electron chi connectivity index (χ0n) is 4.91. The Labute approximate surface area is 87.8 Å². The van der Waals surface area contributed by atoms with E-state index in [4.69, 9.17) is 0 Å². The van der Waals surface area contributed by atoms with E-state index in [0.29, 0.717) is 0 Å². The summed E-state index contributed by atoms with van der Waals surface area (Å²) in [5.41, 5.74) is 0. The molecule has 0 aliphatic carbocycles. The van der Waals surface area contributed by atoms with Crippen molar-refractivity contribution in [2.45, 2.75) is 0 Å². The molecule has 1 rings (SSSR count). The number of halogens is 2. The van der Waals surface area contributed by atoms with Gasteiger partial charge in [-0.1, -0.05) is 6.07 Å². The Morgan fingerprint density at radius 3 is 1.50 bits per heavy atom. The summed E-state index contributed by atoms with van der Waals surface area (Å²) in [6.07, 6.45) is 3.50. The summed E-state index contributed by atoms with van der Waals surface area (Å²) in [7, 11) is 0. The molecule has 0 aliphatic rings. The van der Waals surface area contributed by atoms with Gasteiger partial charge in [-0.15, -0.1) is 0 Å². The molecule has 0 amide bonds. The standard InChI is InChI=1S/C5H5N.Br2O.Se/c1-2-4-6-5-3-1;1-3-2;/h1-5H;;. The predicted octanol–water partition coefficient (Wildman–Crippen LogP) is 2.32. The normalized spacial score (nSPS) is 6.60. The van der Waals surface area contributed by atoms with E-state index in [0.717, 1.165) is 0 Å². The van der Waals surface area contributed by atoms with E-state index >= 15 is 0 Å². The van der Waals surface area contributed by atoms with Gasteiger partial charge in [0.15, 0.2) is 0 Å². The van der Waals surface area contributed by atoms with Gasteiger partial charge in [-0.3, -0.25) is 4.98 Å². The van der Waals surface area contributed by atoms with Crippen LogP contribution in [0.1, 0.15) is 0 Å². The molecule has 1 heterocycles. The van der Waals surface area contributed by atoms with Crippen molar-refractivity contribution in [1.29, 1.82) is 0 Å². The Bertz CT molecular complexity index is 103. The van der Waals surface area contributed by atoms with Gasteiger partial charge in [0.2, 0.25) is 0 Å². The molecule has 10 heavy (non-hydrogen) atoms. The van der Waals surface area contributed by atoms with Crippen molar-refractivity contribution in [3.63, 3.8) is 0 Å². The maximum Gasteiger partial charge on any atom is 0.115 e. The molecule has 1 aromatic heterocycles. The second-order valence-corrected chi connectivity index (χ2v) is 2.60. The van der Waals surface area contributed by atoms with Crippen LogP contribution in [0.3, 0.4) is 0 Å². The Morgan fingerprint density at radius 1 is 1.00 bits per heavy atom.